The van der Waals surface area contributed by atoms with Crippen molar-refractivity contribution in [2.75, 3.05) is 0 Å². The zero-order chi connectivity index (χ0) is 36.5. The van der Waals surface area contributed by atoms with Gasteiger partial charge in [0.25, 0.3) is 11.1 Å². The number of aliphatic imine (C=N–C) groups is 2. The van der Waals surface area contributed by atoms with Crippen LogP contribution in [0.3, 0.4) is 0 Å². The first-order valence-corrected chi connectivity index (χ1v) is 16.2. The average molecular weight is 749 g/mol. The van der Waals surface area contributed by atoms with E-state index >= 15 is 0 Å². The number of aromatic nitrogens is 4. The van der Waals surface area contributed by atoms with Crippen LogP contribution in [-0.2, 0) is 35.1 Å². The van der Waals surface area contributed by atoms with Crippen LogP contribution in [0.2, 0.25) is 10.0 Å². The van der Waals surface area contributed by atoms with Gasteiger partial charge in [0.1, 0.15) is 0 Å². The molecule has 14 heteroatoms. The minimum absolute atomic E-state index is 0.194. The van der Waals surface area contributed by atoms with Crippen molar-refractivity contribution in [1.29, 1.82) is 0 Å². The Kier molecular flexibility index (Phi) is 12.8. The van der Waals surface area contributed by atoms with Crippen molar-refractivity contribution in [1.82, 2.24) is 18.7 Å². The summed E-state index contributed by atoms with van der Waals surface area (Å²) in [6, 6.07) is 27.5. The number of rotatable bonds is 6. The number of hydrogen-bond acceptors (Lipinski definition) is 7. The predicted molar refractivity (Wildman–Crippen MR) is 188 cm³/mol. The fraction of sp³-hybridized carbons (Fsp3) is 0.111. The van der Waals surface area contributed by atoms with Gasteiger partial charge in [0.15, 0.2) is 11.4 Å². The van der Waals surface area contributed by atoms with E-state index in [1.807, 2.05) is 74.5 Å². The van der Waals surface area contributed by atoms with Crippen molar-refractivity contribution >= 4 is 47.0 Å². The van der Waals surface area contributed by atoms with Gasteiger partial charge in [-0.2, -0.15) is 0 Å². The summed E-state index contributed by atoms with van der Waals surface area (Å²) in [6.45, 7) is 3.62. The number of halogens is 2. The Hall–Kier alpha value is -5.20. The molecule has 6 rings (SSSR count). The zero-order valence-corrected chi connectivity index (χ0v) is 30.2. The Bertz CT molecular complexity index is 2130. The van der Waals surface area contributed by atoms with Crippen LogP contribution in [0.1, 0.15) is 22.5 Å². The van der Waals surface area contributed by atoms with Crippen molar-refractivity contribution in [2.45, 2.75) is 13.8 Å². The zero-order valence-electron chi connectivity index (χ0n) is 27.3. The van der Waals surface area contributed by atoms with Gasteiger partial charge in [0, 0.05) is 36.6 Å². The summed E-state index contributed by atoms with van der Waals surface area (Å²) in [5.74, 6) is -0.389. The second-order valence-electron chi connectivity index (χ2n) is 10.7. The van der Waals surface area contributed by atoms with Crippen LogP contribution in [0.15, 0.2) is 117 Å². The van der Waals surface area contributed by atoms with E-state index in [0.717, 1.165) is 28.7 Å². The Balaban J connectivity index is 0.000000214. The number of nitrogens with zero attached hydrogens (tertiary/aromatic N) is 6. The van der Waals surface area contributed by atoms with E-state index in [4.69, 9.17) is 26.9 Å². The van der Waals surface area contributed by atoms with Crippen LogP contribution in [0, 0.1) is 13.8 Å². The molecule has 2 heterocycles. The topological polar surface area (TPSA) is 142 Å². The molecule has 6 aromatic rings. The third-order valence-corrected chi connectivity index (χ3v) is 8.13. The Morgan fingerprint density at radius 3 is 1.28 bits per heavy atom. The van der Waals surface area contributed by atoms with E-state index in [0.29, 0.717) is 43.9 Å². The van der Waals surface area contributed by atoms with Gasteiger partial charge >= 0.3 is 21.0 Å². The van der Waals surface area contributed by atoms with Gasteiger partial charge < -0.3 is 10.2 Å². The fourth-order valence-corrected chi connectivity index (χ4v) is 5.28. The third-order valence-electron chi connectivity index (χ3n) is 7.66. The summed E-state index contributed by atoms with van der Waals surface area (Å²) in [6.07, 6.45) is 2.76. The van der Waals surface area contributed by atoms with Crippen LogP contribution >= 0.6 is 23.2 Å². The molecule has 4 aromatic carbocycles. The average Bonchev–Trinajstić information content (AvgIpc) is 3.47. The molecular weight excluding hydrogens is 718 g/mol. The van der Waals surface area contributed by atoms with Crippen molar-refractivity contribution in [3.8, 4) is 22.9 Å². The summed E-state index contributed by atoms with van der Waals surface area (Å²) < 4.78 is 14.7. The summed E-state index contributed by atoms with van der Waals surface area (Å²) in [7, 11) is 3.59. The molecule has 11 nitrogen and oxygen atoms in total. The maximum absolute atomic E-state index is 12.7. The number of hydrogen-bond donors (Lipinski definition) is 0. The first kappa shape index (κ1) is 37.6. The molecule has 0 radical (unpaired) electrons. The Labute approximate surface area is 306 Å². The standard InChI is InChI=1S/2C18H16ClN3O2.O.V/c2*1-12-17(20-11-13-10-14(19)8-9-16(13)23)18(24)22(21(12)2)15-6-4-3-5-7-15;;/h2*3-11,23H,1-2H3;;/q;;;+2/p-2. The molecule has 2 aromatic heterocycles. The molecule has 0 bridgehead atoms. The van der Waals surface area contributed by atoms with E-state index in [2.05, 4.69) is 9.98 Å². The molecule has 0 N–H and O–H groups in total. The Morgan fingerprint density at radius 1 is 0.600 bits per heavy atom. The van der Waals surface area contributed by atoms with E-state index in [1.165, 1.54) is 58.2 Å². The van der Waals surface area contributed by atoms with Gasteiger partial charge in [-0.25, -0.2) is 19.3 Å². The molecule has 0 aliphatic rings. The molecule has 0 amide bonds. The molecule has 0 aliphatic carbocycles. The first-order valence-electron chi connectivity index (χ1n) is 14.9. The SMILES string of the molecule is Cc1c(N=Cc2cc(Cl)ccc2[O-])c(=O)n(-c2ccccc2)n1C.Cc1c(N=Cc2cc(Cl)ccc2[O-])c(=O)n(-c2ccccc2)n1C.[O]=[V+2]. The molecule has 0 spiro atoms. The van der Waals surface area contributed by atoms with Crippen LogP contribution in [0.25, 0.3) is 11.4 Å². The van der Waals surface area contributed by atoms with Crippen LogP contribution < -0.4 is 21.3 Å². The molecule has 50 heavy (non-hydrogen) atoms. The maximum atomic E-state index is 12.7. The molecule has 0 unspecified atom stereocenters. The molecule has 0 fully saturated rings. The number of para-hydroxylation sites is 2. The van der Waals surface area contributed by atoms with Crippen LogP contribution in [0.4, 0.5) is 11.4 Å². The van der Waals surface area contributed by atoms with Crippen molar-refractivity contribution in [3.05, 3.63) is 150 Å². The monoisotopic (exact) mass is 747 g/mol. The molecule has 0 saturated heterocycles. The van der Waals surface area contributed by atoms with Crippen molar-refractivity contribution < 1.29 is 31.3 Å². The molecule has 253 valence electrons. The van der Waals surface area contributed by atoms with Gasteiger partial charge in [0.05, 0.1) is 22.8 Å². The van der Waals surface area contributed by atoms with E-state index < -0.39 is 0 Å². The summed E-state index contributed by atoms with van der Waals surface area (Å²) in [5, 5.41) is 24.5. The van der Waals surface area contributed by atoms with Crippen LogP contribution in [-0.4, -0.2) is 31.2 Å². The second-order valence-corrected chi connectivity index (χ2v) is 11.6. The van der Waals surface area contributed by atoms with Gasteiger partial charge in [-0.1, -0.05) is 83.2 Å². The molecule has 0 aliphatic heterocycles. The van der Waals surface area contributed by atoms with Gasteiger partial charge in [-0.15, -0.1) is 0 Å². The number of benzene rings is 4. The summed E-state index contributed by atoms with van der Waals surface area (Å²) in [4.78, 5) is 33.9. The Morgan fingerprint density at radius 2 is 0.940 bits per heavy atom. The van der Waals surface area contributed by atoms with E-state index in [1.54, 1.807) is 23.5 Å². The second kappa shape index (κ2) is 17.0. The third kappa shape index (κ3) is 8.32. The predicted octanol–water partition coefficient (Wildman–Crippen LogP) is 5.80. The quantitative estimate of drug-likeness (QED) is 0.198. The van der Waals surface area contributed by atoms with Gasteiger partial charge in [-0.05, 0) is 73.5 Å². The van der Waals surface area contributed by atoms with E-state index in [9.17, 15) is 19.8 Å². The molecular formula is C36H30Cl2N6O5V. The van der Waals surface area contributed by atoms with Gasteiger partial charge in [-0.3, -0.25) is 19.0 Å². The fourth-order valence-electron chi connectivity index (χ4n) is 4.91. The van der Waals surface area contributed by atoms with Crippen molar-refractivity contribution in [3.63, 3.8) is 0 Å². The van der Waals surface area contributed by atoms with E-state index in [-0.39, 0.29) is 22.6 Å². The van der Waals surface area contributed by atoms with Crippen molar-refractivity contribution in [2.24, 2.45) is 24.1 Å². The van der Waals surface area contributed by atoms with Gasteiger partial charge in [0.2, 0.25) is 0 Å². The molecule has 0 atom stereocenters. The summed E-state index contributed by atoms with van der Waals surface area (Å²) in [5.41, 5.74) is 3.70. The normalized spacial score (nSPS) is 11.0. The summed E-state index contributed by atoms with van der Waals surface area (Å²) >= 11 is 12.9. The van der Waals surface area contributed by atoms with Crippen LogP contribution in [0.5, 0.6) is 11.5 Å². The molecule has 0 saturated carbocycles. The first-order chi connectivity index (χ1) is 24.0. The minimum atomic E-state index is -0.244.